The van der Waals surface area contributed by atoms with Crippen molar-refractivity contribution in [3.63, 3.8) is 0 Å². The van der Waals surface area contributed by atoms with Crippen LogP contribution in [0.4, 0.5) is 0 Å². The number of hydrogen-bond acceptors (Lipinski definition) is 2. The predicted octanol–water partition coefficient (Wildman–Crippen LogP) is 4.29. The first-order valence-electron chi connectivity index (χ1n) is 6.19. The van der Waals surface area contributed by atoms with Crippen LogP contribution in [0.3, 0.4) is 0 Å². The Hall–Kier alpha value is -1.41. The SMILES string of the molecule is CCC(c1ccccc1)c1nc(C)c(C)c(Cl)n1. The van der Waals surface area contributed by atoms with Crippen LogP contribution in [-0.2, 0) is 0 Å². The number of aryl methyl sites for hydroxylation is 1. The van der Waals surface area contributed by atoms with Crippen molar-refractivity contribution in [3.8, 4) is 0 Å². The van der Waals surface area contributed by atoms with Gasteiger partial charge in [0.1, 0.15) is 11.0 Å². The zero-order valence-corrected chi connectivity index (χ0v) is 11.7. The Balaban J connectivity index is 2.46. The molecule has 0 saturated heterocycles. The summed E-state index contributed by atoms with van der Waals surface area (Å²) in [4.78, 5) is 9.02. The smallest absolute Gasteiger partial charge is 0.137 e. The minimum atomic E-state index is 0.211. The Morgan fingerprint density at radius 2 is 1.78 bits per heavy atom. The standard InChI is InChI=1S/C15H17ClN2/c1-4-13(12-8-6-5-7-9-12)15-17-11(3)10(2)14(16)18-15/h5-9,13H,4H2,1-3H3. The molecule has 0 saturated carbocycles. The third kappa shape index (κ3) is 2.54. The van der Waals surface area contributed by atoms with Crippen LogP contribution >= 0.6 is 11.6 Å². The lowest BCUT2D eigenvalue weighted by molar-refractivity contribution is 0.709. The molecule has 0 bridgehead atoms. The molecular formula is C15H17ClN2. The van der Waals surface area contributed by atoms with E-state index < -0.39 is 0 Å². The third-order valence-electron chi connectivity index (χ3n) is 3.27. The Morgan fingerprint density at radius 1 is 1.11 bits per heavy atom. The number of benzene rings is 1. The molecule has 1 aromatic carbocycles. The molecule has 1 heterocycles. The number of rotatable bonds is 3. The van der Waals surface area contributed by atoms with Crippen molar-refractivity contribution in [1.29, 1.82) is 0 Å². The topological polar surface area (TPSA) is 25.8 Å². The summed E-state index contributed by atoms with van der Waals surface area (Å²) in [5, 5.41) is 0.562. The van der Waals surface area contributed by atoms with Gasteiger partial charge in [0.15, 0.2) is 0 Å². The molecule has 0 fully saturated rings. The molecule has 1 atom stereocenters. The minimum Gasteiger partial charge on any atom is -0.237 e. The van der Waals surface area contributed by atoms with Gasteiger partial charge in [-0.1, -0.05) is 48.9 Å². The Kier molecular flexibility index (Phi) is 3.97. The largest absolute Gasteiger partial charge is 0.237 e. The molecule has 0 N–H and O–H groups in total. The first-order valence-corrected chi connectivity index (χ1v) is 6.56. The molecule has 0 spiro atoms. The summed E-state index contributed by atoms with van der Waals surface area (Å²) in [5.74, 6) is 1.03. The van der Waals surface area contributed by atoms with Crippen LogP contribution in [-0.4, -0.2) is 9.97 Å². The molecule has 1 unspecified atom stereocenters. The fraction of sp³-hybridized carbons (Fsp3) is 0.333. The summed E-state index contributed by atoms with van der Waals surface area (Å²) >= 11 is 6.16. The van der Waals surface area contributed by atoms with Crippen LogP contribution < -0.4 is 0 Å². The highest BCUT2D eigenvalue weighted by Gasteiger charge is 2.17. The molecule has 1 aromatic heterocycles. The van der Waals surface area contributed by atoms with Crippen molar-refractivity contribution in [1.82, 2.24) is 9.97 Å². The second kappa shape index (κ2) is 5.49. The molecule has 0 aliphatic carbocycles. The van der Waals surface area contributed by atoms with Crippen LogP contribution in [0, 0.1) is 13.8 Å². The fourth-order valence-electron chi connectivity index (χ4n) is 2.02. The lowest BCUT2D eigenvalue weighted by Crippen LogP contribution is -2.08. The number of nitrogens with zero attached hydrogens (tertiary/aromatic N) is 2. The molecule has 2 rings (SSSR count). The molecule has 94 valence electrons. The average molecular weight is 261 g/mol. The fourth-order valence-corrected chi connectivity index (χ4v) is 2.25. The number of aromatic nitrogens is 2. The van der Waals surface area contributed by atoms with E-state index in [1.54, 1.807) is 0 Å². The highest BCUT2D eigenvalue weighted by Crippen LogP contribution is 2.27. The van der Waals surface area contributed by atoms with E-state index in [0.29, 0.717) is 5.15 Å². The van der Waals surface area contributed by atoms with E-state index in [0.717, 1.165) is 23.5 Å². The van der Waals surface area contributed by atoms with Crippen LogP contribution in [0.1, 0.15) is 41.9 Å². The van der Waals surface area contributed by atoms with Crippen molar-refractivity contribution in [2.75, 3.05) is 0 Å². The Labute approximate surface area is 113 Å². The summed E-state index contributed by atoms with van der Waals surface area (Å²) in [5.41, 5.74) is 3.15. The molecule has 18 heavy (non-hydrogen) atoms. The van der Waals surface area contributed by atoms with Gasteiger partial charge in [0.25, 0.3) is 0 Å². The van der Waals surface area contributed by atoms with E-state index in [1.165, 1.54) is 5.56 Å². The summed E-state index contributed by atoms with van der Waals surface area (Å²) in [6.07, 6.45) is 0.961. The van der Waals surface area contributed by atoms with Crippen molar-refractivity contribution < 1.29 is 0 Å². The number of halogens is 1. The predicted molar refractivity (Wildman–Crippen MR) is 75.1 cm³/mol. The highest BCUT2D eigenvalue weighted by atomic mass is 35.5. The van der Waals surface area contributed by atoms with Crippen molar-refractivity contribution >= 4 is 11.6 Å². The maximum atomic E-state index is 6.16. The van der Waals surface area contributed by atoms with Crippen molar-refractivity contribution in [2.45, 2.75) is 33.1 Å². The van der Waals surface area contributed by atoms with Crippen molar-refractivity contribution in [2.24, 2.45) is 0 Å². The van der Waals surface area contributed by atoms with Crippen LogP contribution in [0.25, 0.3) is 0 Å². The quantitative estimate of drug-likeness (QED) is 0.770. The highest BCUT2D eigenvalue weighted by molar-refractivity contribution is 6.30. The van der Waals surface area contributed by atoms with Gasteiger partial charge in [-0.05, 0) is 25.8 Å². The second-order valence-corrected chi connectivity index (χ2v) is 4.81. The third-order valence-corrected chi connectivity index (χ3v) is 3.64. The molecule has 0 radical (unpaired) electrons. The van der Waals surface area contributed by atoms with Gasteiger partial charge >= 0.3 is 0 Å². The van der Waals surface area contributed by atoms with E-state index in [4.69, 9.17) is 11.6 Å². The first-order chi connectivity index (χ1) is 8.63. The molecule has 0 aliphatic rings. The van der Waals surface area contributed by atoms with E-state index in [1.807, 2.05) is 32.0 Å². The summed E-state index contributed by atoms with van der Waals surface area (Å²) < 4.78 is 0. The maximum Gasteiger partial charge on any atom is 0.137 e. The summed E-state index contributed by atoms with van der Waals surface area (Å²) in [6.45, 7) is 6.07. The Morgan fingerprint density at radius 3 is 2.33 bits per heavy atom. The Bertz CT molecular complexity index is 514. The lowest BCUT2D eigenvalue weighted by Gasteiger charge is -2.15. The van der Waals surface area contributed by atoms with Crippen molar-refractivity contribution in [3.05, 3.63) is 58.1 Å². The van der Waals surface area contributed by atoms with Gasteiger partial charge in [-0.15, -0.1) is 0 Å². The van der Waals surface area contributed by atoms with Gasteiger partial charge in [-0.3, -0.25) is 0 Å². The molecule has 0 amide bonds. The number of hydrogen-bond donors (Lipinski definition) is 0. The summed E-state index contributed by atoms with van der Waals surface area (Å²) in [7, 11) is 0. The van der Waals surface area contributed by atoms with E-state index >= 15 is 0 Å². The molecule has 3 heteroatoms. The maximum absolute atomic E-state index is 6.16. The van der Waals surface area contributed by atoms with Gasteiger partial charge in [0.05, 0.1) is 0 Å². The zero-order chi connectivity index (χ0) is 13.1. The monoisotopic (exact) mass is 260 g/mol. The molecule has 2 nitrogen and oxygen atoms in total. The minimum absolute atomic E-state index is 0.211. The normalized spacial score (nSPS) is 12.4. The molecule has 0 aliphatic heterocycles. The van der Waals surface area contributed by atoms with Crippen LogP contribution in [0.15, 0.2) is 30.3 Å². The van der Waals surface area contributed by atoms with Crippen LogP contribution in [0.5, 0.6) is 0 Å². The van der Waals surface area contributed by atoms with E-state index in [-0.39, 0.29) is 5.92 Å². The van der Waals surface area contributed by atoms with Gasteiger partial charge in [0.2, 0.25) is 0 Å². The lowest BCUT2D eigenvalue weighted by atomic mass is 9.95. The first kappa shape index (κ1) is 13.0. The van der Waals surface area contributed by atoms with E-state index in [9.17, 15) is 0 Å². The van der Waals surface area contributed by atoms with Gasteiger partial charge < -0.3 is 0 Å². The summed E-state index contributed by atoms with van der Waals surface area (Å²) in [6, 6.07) is 10.3. The molecular weight excluding hydrogens is 244 g/mol. The molecule has 2 aromatic rings. The van der Waals surface area contributed by atoms with E-state index in [2.05, 4.69) is 29.0 Å². The van der Waals surface area contributed by atoms with Gasteiger partial charge in [0, 0.05) is 17.2 Å². The zero-order valence-electron chi connectivity index (χ0n) is 10.9. The second-order valence-electron chi connectivity index (χ2n) is 4.45. The average Bonchev–Trinajstić information content (AvgIpc) is 2.38. The van der Waals surface area contributed by atoms with Gasteiger partial charge in [-0.25, -0.2) is 9.97 Å². The van der Waals surface area contributed by atoms with Gasteiger partial charge in [-0.2, -0.15) is 0 Å². The van der Waals surface area contributed by atoms with Crippen LogP contribution in [0.2, 0.25) is 5.15 Å².